The first-order valence-corrected chi connectivity index (χ1v) is 37.5. The van der Waals surface area contributed by atoms with E-state index in [9.17, 15) is 5.53 Å². The number of allylic oxidation sites excluding steroid dienone is 2. The van der Waals surface area contributed by atoms with E-state index in [4.69, 9.17) is 0 Å². The normalized spacial score (nSPS) is 12.5. The maximum atomic E-state index is 12.5. The zero-order chi connectivity index (χ0) is 57.6. The van der Waals surface area contributed by atoms with Crippen LogP contribution in [0.2, 0.25) is 10.8 Å². The zero-order valence-corrected chi connectivity index (χ0v) is 55.9. The minimum atomic E-state index is 0.991. The van der Waals surface area contributed by atoms with Crippen LogP contribution in [-0.4, -0.2) is 4.70 Å². The topological polar surface area (TPSA) is 25.3 Å². The van der Waals surface area contributed by atoms with Gasteiger partial charge in [0.1, 0.15) is 0 Å². The first-order chi connectivity index (χ1) is 39.5. The standard InChI is InChI=1S/C69H118N2.2C4H9.Ni/c1-6-11-16-19-22-23-24-25-26-27-28-29-30-31-32-33-34-35-36-37-38-39-40-43-48-53-65-60-68(66-56-61(49-44-14-9-4)54-62(57-66)51-46-41-20-17-12-7-2)71(70)69(65)67-58-63(50-45-15-10-5)55-64(59-67)52-47-42-21-18-13-8-3;2*1-3-4-2;/h54-60H,6-53H2,1-5H3;2*1,3-4H2,2H3;. The second kappa shape index (κ2) is 54.9. The van der Waals surface area contributed by atoms with Crippen molar-refractivity contribution in [3.05, 3.63) is 87.0 Å². The molecule has 1 heterocycles. The first-order valence-electron chi connectivity index (χ1n) is 36.1. The molecule has 80 heavy (non-hydrogen) atoms. The summed E-state index contributed by atoms with van der Waals surface area (Å²) in [6.45, 7) is 16.1. The summed E-state index contributed by atoms with van der Waals surface area (Å²) in [5, 5.41) is 2.78. The van der Waals surface area contributed by atoms with Crippen LogP contribution in [0.3, 0.4) is 0 Å². The Kier molecular flexibility index (Phi) is 50.9. The van der Waals surface area contributed by atoms with Gasteiger partial charge in [-0.15, -0.1) is 0 Å². The van der Waals surface area contributed by atoms with E-state index in [1.807, 2.05) is 14.4 Å². The van der Waals surface area contributed by atoms with Crippen LogP contribution in [0.15, 0.2) is 48.0 Å². The van der Waals surface area contributed by atoms with Gasteiger partial charge in [-0.1, -0.05) is 291 Å². The van der Waals surface area contributed by atoms with E-state index in [0.29, 0.717) is 0 Å². The molecule has 0 radical (unpaired) electrons. The molecular weight excluding hydrogens is 1010 g/mol. The van der Waals surface area contributed by atoms with E-state index in [-0.39, 0.29) is 0 Å². The number of hydrogen-bond donors (Lipinski definition) is 0. The van der Waals surface area contributed by atoms with Crippen molar-refractivity contribution in [3.63, 3.8) is 0 Å². The molecule has 0 N–H and O–H groups in total. The van der Waals surface area contributed by atoms with E-state index in [0.717, 1.165) is 43.5 Å². The molecule has 0 aromatic heterocycles. The molecule has 2 nitrogen and oxygen atoms in total. The maximum absolute atomic E-state index is 12.5. The quantitative estimate of drug-likeness (QED) is 0.0358. The molecule has 2 aromatic carbocycles. The summed E-state index contributed by atoms with van der Waals surface area (Å²) in [6, 6.07) is 14.7. The van der Waals surface area contributed by atoms with Crippen LogP contribution >= 0.6 is 0 Å². The van der Waals surface area contributed by atoms with Gasteiger partial charge in [0.15, 0.2) is 0 Å². The number of unbranched alkanes of at least 4 members (excludes halogenated alkanes) is 40. The molecule has 1 aliphatic rings. The van der Waals surface area contributed by atoms with Crippen LogP contribution in [0.4, 0.5) is 0 Å². The Morgan fingerprint density at radius 3 is 0.812 bits per heavy atom. The Labute approximate surface area is 507 Å². The predicted molar refractivity (Wildman–Crippen MR) is 357 cm³/mol. The van der Waals surface area contributed by atoms with Gasteiger partial charge in [-0.05, 0) is 111 Å². The molecule has 0 atom stereocenters. The van der Waals surface area contributed by atoms with Gasteiger partial charge in [0.25, 0.3) is 0 Å². The summed E-state index contributed by atoms with van der Waals surface area (Å²) in [5.74, 6) is 0. The molecule has 2 aromatic rings. The molecule has 0 saturated carbocycles. The average Bonchev–Trinajstić information content (AvgIpc) is 3.85. The summed E-state index contributed by atoms with van der Waals surface area (Å²) in [5.41, 5.74) is 24.1. The van der Waals surface area contributed by atoms with Crippen molar-refractivity contribution in [1.29, 1.82) is 0 Å². The molecule has 0 unspecified atom stereocenters. The second-order valence-electron chi connectivity index (χ2n) is 25.2. The van der Waals surface area contributed by atoms with Crippen LogP contribution in [0, 0.1) is 0 Å². The summed E-state index contributed by atoms with van der Waals surface area (Å²) in [6.07, 6.45) is 72.4. The Hall–Kier alpha value is -1.99. The Morgan fingerprint density at radius 1 is 0.275 bits per heavy atom. The van der Waals surface area contributed by atoms with Gasteiger partial charge < -0.3 is 5.53 Å². The molecule has 1 aliphatic heterocycles. The Bertz CT molecular complexity index is 1780. The number of hydrogen-bond acceptors (Lipinski definition) is 0. The van der Waals surface area contributed by atoms with Crippen molar-refractivity contribution in [2.75, 3.05) is 0 Å². The van der Waals surface area contributed by atoms with Gasteiger partial charge in [0.05, 0.1) is 0 Å². The predicted octanol–water partition coefficient (Wildman–Crippen LogP) is 27.4. The van der Waals surface area contributed by atoms with E-state index < -0.39 is 0 Å². The van der Waals surface area contributed by atoms with E-state index in [1.54, 1.807) is 4.70 Å². The molecule has 0 fully saturated rings. The number of nitrogens with zero attached hydrogens (tertiary/aromatic N) is 2. The molecule has 3 heteroatoms. The summed E-state index contributed by atoms with van der Waals surface area (Å²) in [7, 11) is 0. The Morgan fingerprint density at radius 2 is 0.512 bits per heavy atom. The first kappa shape index (κ1) is 74.1. The van der Waals surface area contributed by atoms with Crippen molar-refractivity contribution < 1.29 is 19.1 Å². The van der Waals surface area contributed by atoms with E-state index >= 15 is 0 Å². The summed E-state index contributed by atoms with van der Waals surface area (Å²) < 4.78 is 1.63. The van der Waals surface area contributed by atoms with Crippen LogP contribution in [-0.2, 0) is 40.1 Å². The van der Waals surface area contributed by atoms with Gasteiger partial charge in [-0.3, -0.25) is 0 Å². The van der Waals surface area contributed by atoms with Crippen molar-refractivity contribution >= 4 is 11.4 Å². The van der Waals surface area contributed by atoms with Crippen LogP contribution in [0.1, 0.15) is 390 Å². The monoisotopic (exact) mass is 1150 g/mol. The number of aryl methyl sites for hydroxylation is 4. The SMILES string of the molecule is CCCCCCCCCCCCCCCCCCCCCCCCCCCC1=C(c2cc(CCCCC)cc(CCCCCCCC)c2)[N+](=[N-])C(c2cc(CCCCC)cc(CCCCCCCC)c2)=C1.CCC[CH2][Ni][CH2]CCC. The van der Waals surface area contributed by atoms with Crippen molar-refractivity contribution in [2.45, 2.75) is 393 Å². The van der Waals surface area contributed by atoms with Crippen LogP contribution < -0.4 is 0 Å². The molecule has 0 bridgehead atoms. The average molecular weight is 1150 g/mol. The fourth-order valence-electron chi connectivity index (χ4n) is 11.9. The summed E-state index contributed by atoms with van der Waals surface area (Å²) >= 11 is 1.94. The van der Waals surface area contributed by atoms with E-state index in [1.165, 1.54) is 352 Å². The van der Waals surface area contributed by atoms with Gasteiger partial charge in [-0.2, -0.15) is 0 Å². The second-order valence-corrected chi connectivity index (χ2v) is 26.6. The molecule has 3 rings (SSSR count). The minimum absolute atomic E-state index is 0.991. The molecule has 0 aliphatic carbocycles. The number of benzene rings is 2. The number of rotatable bonds is 56. The van der Waals surface area contributed by atoms with Gasteiger partial charge >= 0.3 is 64.8 Å². The molecule has 0 amide bonds. The molecular formula is C77H136N2Ni. The molecule has 0 spiro atoms. The van der Waals surface area contributed by atoms with E-state index in [2.05, 4.69) is 90.9 Å². The van der Waals surface area contributed by atoms with Crippen molar-refractivity contribution in [2.24, 2.45) is 0 Å². The third kappa shape index (κ3) is 38.8. The zero-order valence-electron chi connectivity index (χ0n) is 54.9. The summed E-state index contributed by atoms with van der Waals surface area (Å²) in [4.78, 5) is 0. The van der Waals surface area contributed by atoms with Gasteiger partial charge in [0, 0.05) is 22.8 Å². The van der Waals surface area contributed by atoms with Crippen LogP contribution in [0.25, 0.3) is 16.9 Å². The fourth-order valence-corrected chi connectivity index (χ4v) is 13.4. The molecule has 0 saturated heterocycles. The third-order valence-corrected chi connectivity index (χ3v) is 18.6. The fraction of sp³-hybridized carbons (Fsp3) is 0.792. The van der Waals surface area contributed by atoms with Crippen molar-refractivity contribution in [3.8, 4) is 0 Å². The van der Waals surface area contributed by atoms with Crippen molar-refractivity contribution in [1.82, 2.24) is 0 Å². The van der Waals surface area contributed by atoms with Crippen LogP contribution in [0.5, 0.6) is 0 Å². The van der Waals surface area contributed by atoms with Gasteiger partial charge in [0.2, 0.25) is 11.4 Å². The third-order valence-electron chi connectivity index (χ3n) is 17.2. The van der Waals surface area contributed by atoms with Gasteiger partial charge in [-0.25, -0.2) is 4.70 Å². The molecule has 464 valence electrons. The Balaban J connectivity index is 0.00000222.